The highest BCUT2D eigenvalue weighted by molar-refractivity contribution is 6.30. The molecule has 0 aliphatic heterocycles. The molecule has 6 nitrogen and oxygen atoms in total. The van der Waals surface area contributed by atoms with Crippen molar-refractivity contribution in [3.05, 3.63) is 58.6 Å². The molecule has 0 atom stereocenters. The van der Waals surface area contributed by atoms with Gasteiger partial charge in [-0.05, 0) is 62.8 Å². The summed E-state index contributed by atoms with van der Waals surface area (Å²) in [5.74, 6) is -0.268. The maximum Gasteiger partial charge on any atom is 0.258 e. The van der Waals surface area contributed by atoms with Gasteiger partial charge in [-0.15, -0.1) is 0 Å². The number of rotatable bonds is 7. The third-order valence-corrected chi connectivity index (χ3v) is 5.49. The summed E-state index contributed by atoms with van der Waals surface area (Å²) in [6.45, 7) is 2.29. The molecule has 160 valence electrons. The van der Waals surface area contributed by atoms with Gasteiger partial charge in [-0.25, -0.2) is 4.39 Å². The minimum absolute atomic E-state index is 0.00985. The molecule has 1 saturated carbocycles. The number of aromatic nitrogens is 1. The number of benzene rings is 1. The van der Waals surface area contributed by atoms with Crippen molar-refractivity contribution in [3.63, 3.8) is 0 Å². The summed E-state index contributed by atoms with van der Waals surface area (Å²) in [5, 5.41) is 5.95. The first-order chi connectivity index (χ1) is 14.4. The maximum absolute atomic E-state index is 13.4. The van der Waals surface area contributed by atoms with Crippen molar-refractivity contribution in [1.82, 2.24) is 15.6 Å². The number of carbonyl (C=O) groups is 2. The molecule has 0 spiro atoms. The second kappa shape index (κ2) is 10.4. The molecule has 3 rings (SSSR count). The molecule has 0 bridgehead atoms. The minimum Gasteiger partial charge on any atom is -0.484 e. The van der Waals surface area contributed by atoms with Crippen LogP contribution in [0, 0.1) is 18.7 Å². The number of ether oxygens (including phenoxy) is 1. The van der Waals surface area contributed by atoms with E-state index in [4.69, 9.17) is 16.3 Å². The monoisotopic (exact) mass is 433 g/mol. The number of hydrogen-bond acceptors (Lipinski definition) is 4. The fraction of sp³-hybridized carbons (Fsp3) is 0.409. The van der Waals surface area contributed by atoms with Gasteiger partial charge in [-0.1, -0.05) is 11.6 Å². The average molecular weight is 434 g/mol. The lowest BCUT2D eigenvalue weighted by atomic mass is 9.86. The number of halogens is 2. The van der Waals surface area contributed by atoms with E-state index in [0.29, 0.717) is 18.0 Å². The standard InChI is InChI=1S/C22H25ClFN3O3/c1-14-10-16(8-9-25-14)22(29)26-12-15-2-4-17(5-3-15)27-21(28)13-30-18-6-7-19(23)20(24)11-18/h6-11,15,17H,2-5,12-13H2,1H3,(H,26,29)(H,27,28). The van der Waals surface area contributed by atoms with Gasteiger partial charge in [0.2, 0.25) is 0 Å². The number of hydrogen-bond donors (Lipinski definition) is 2. The van der Waals surface area contributed by atoms with Crippen molar-refractivity contribution in [3.8, 4) is 5.75 Å². The van der Waals surface area contributed by atoms with Crippen LogP contribution in [0.1, 0.15) is 41.7 Å². The lowest BCUT2D eigenvalue weighted by Crippen LogP contribution is -2.41. The smallest absolute Gasteiger partial charge is 0.258 e. The number of aryl methyl sites for hydroxylation is 1. The Hall–Kier alpha value is -2.67. The molecule has 1 aliphatic carbocycles. The zero-order valence-corrected chi connectivity index (χ0v) is 17.5. The van der Waals surface area contributed by atoms with Crippen LogP contribution in [0.25, 0.3) is 0 Å². The van der Waals surface area contributed by atoms with E-state index in [9.17, 15) is 14.0 Å². The van der Waals surface area contributed by atoms with Crippen LogP contribution in [0.15, 0.2) is 36.5 Å². The van der Waals surface area contributed by atoms with Crippen LogP contribution in [0.3, 0.4) is 0 Å². The highest BCUT2D eigenvalue weighted by Crippen LogP contribution is 2.24. The summed E-state index contributed by atoms with van der Waals surface area (Å²) in [4.78, 5) is 28.4. The van der Waals surface area contributed by atoms with Crippen LogP contribution in [0.5, 0.6) is 5.75 Å². The van der Waals surface area contributed by atoms with Crippen molar-refractivity contribution < 1.29 is 18.7 Å². The molecule has 1 aromatic heterocycles. The number of carbonyl (C=O) groups excluding carboxylic acids is 2. The Morgan fingerprint density at radius 3 is 2.67 bits per heavy atom. The van der Waals surface area contributed by atoms with Crippen molar-refractivity contribution in [2.24, 2.45) is 5.92 Å². The summed E-state index contributed by atoms with van der Waals surface area (Å²) in [6.07, 6.45) is 5.16. The molecule has 0 unspecified atom stereocenters. The Morgan fingerprint density at radius 2 is 1.97 bits per heavy atom. The highest BCUT2D eigenvalue weighted by Gasteiger charge is 2.23. The molecule has 2 aromatic rings. The molecule has 0 saturated heterocycles. The second-order valence-corrected chi connectivity index (χ2v) is 7.95. The van der Waals surface area contributed by atoms with E-state index in [1.807, 2.05) is 6.92 Å². The molecular formula is C22H25ClFN3O3. The number of nitrogens with one attached hydrogen (secondary N) is 2. The summed E-state index contributed by atoms with van der Waals surface area (Å²) in [7, 11) is 0. The molecule has 2 amide bonds. The molecule has 1 fully saturated rings. The summed E-state index contributed by atoms with van der Waals surface area (Å²) in [6, 6.07) is 7.61. The molecule has 30 heavy (non-hydrogen) atoms. The summed E-state index contributed by atoms with van der Waals surface area (Å²) in [5.41, 5.74) is 1.42. The lowest BCUT2D eigenvalue weighted by molar-refractivity contribution is -0.124. The predicted molar refractivity (Wildman–Crippen MR) is 112 cm³/mol. The van der Waals surface area contributed by atoms with Gasteiger partial charge in [0.05, 0.1) is 5.02 Å². The first-order valence-corrected chi connectivity index (χ1v) is 10.4. The Bertz CT molecular complexity index is 901. The second-order valence-electron chi connectivity index (χ2n) is 7.55. The van der Waals surface area contributed by atoms with Crippen LogP contribution >= 0.6 is 11.6 Å². The first kappa shape index (κ1) is 22.0. The van der Waals surface area contributed by atoms with Crippen molar-refractivity contribution in [2.75, 3.05) is 13.2 Å². The number of amides is 2. The molecule has 1 aromatic carbocycles. The maximum atomic E-state index is 13.4. The van der Waals surface area contributed by atoms with Crippen LogP contribution in [0.2, 0.25) is 5.02 Å². The highest BCUT2D eigenvalue weighted by atomic mass is 35.5. The molecule has 1 aliphatic rings. The molecular weight excluding hydrogens is 409 g/mol. The van der Waals surface area contributed by atoms with Gasteiger partial charge in [0, 0.05) is 36.1 Å². The van der Waals surface area contributed by atoms with Gasteiger partial charge in [-0.3, -0.25) is 14.6 Å². The summed E-state index contributed by atoms with van der Waals surface area (Å²) < 4.78 is 18.7. The normalized spacial score (nSPS) is 18.5. The van der Waals surface area contributed by atoms with Gasteiger partial charge in [0.1, 0.15) is 11.6 Å². The van der Waals surface area contributed by atoms with Gasteiger partial charge >= 0.3 is 0 Å². The molecule has 8 heteroatoms. The Morgan fingerprint density at radius 1 is 1.20 bits per heavy atom. The van der Waals surface area contributed by atoms with E-state index in [1.54, 1.807) is 18.3 Å². The zero-order valence-electron chi connectivity index (χ0n) is 16.8. The van der Waals surface area contributed by atoms with E-state index in [-0.39, 0.29) is 35.2 Å². The average Bonchev–Trinajstić information content (AvgIpc) is 2.74. The number of pyridine rings is 1. The fourth-order valence-corrected chi connectivity index (χ4v) is 3.64. The minimum atomic E-state index is -0.584. The van der Waals surface area contributed by atoms with E-state index in [2.05, 4.69) is 15.6 Å². The zero-order chi connectivity index (χ0) is 21.5. The van der Waals surface area contributed by atoms with E-state index >= 15 is 0 Å². The Balaban J connectivity index is 1.35. The topological polar surface area (TPSA) is 80.3 Å². The van der Waals surface area contributed by atoms with Gasteiger partial charge in [-0.2, -0.15) is 0 Å². The molecule has 1 heterocycles. The fourth-order valence-electron chi connectivity index (χ4n) is 3.52. The first-order valence-electron chi connectivity index (χ1n) is 9.99. The third kappa shape index (κ3) is 6.42. The lowest BCUT2D eigenvalue weighted by Gasteiger charge is -2.29. The molecule has 2 N–H and O–H groups in total. The quantitative estimate of drug-likeness (QED) is 0.698. The van der Waals surface area contributed by atoms with Crippen LogP contribution < -0.4 is 15.4 Å². The van der Waals surface area contributed by atoms with E-state index in [1.165, 1.54) is 12.1 Å². The van der Waals surface area contributed by atoms with Crippen molar-refractivity contribution in [1.29, 1.82) is 0 Å². The van der Waals surface area contributed by atoms with Crippen LogP contribution in [-0.2, 0) is 4.79 Å². The van der Waals surface area contributed by atoms with Gasteiger partial charge in [0.15, 0.2) is 6.61 Å². The Kier molecular flexibility index (Phi) is 7.63. The SMILES string of the molecule is Cc1cc(C(=O)NCC2CCC(NC(=O)COc3ccc(Cl)c(F)c3)CC2)ccn1. The van der Waals surface area contributed by atoms with Crippen molar-refractivity contribution in [2.45, 2.75) is 38.6 Å². The Labute approximate surface area is 180 Å². The van der Waals surface area contributed by atoms with Gasteiger partial charge < -0.3 is 15.4 Å². The molecule has 0 radical (unpaired) electrons. The van der Waals surface area contributed by atoms with Crippen molar-refractivity contribution >= 4 is 23.4 Å². The third-order valence-electron chi connectivity index (χ3n) is 5.18. The number of nitrogens with zero attached hydrogens (tertiary/aromatic N) is 1. The van der Waals surface area contributed by atoms with E-state index in [0.717, 1.165) is 37.4 Å². The summed E-state index contributed by atoms with van der Waals surface area (Å²) >= 11 is 5.63. The van der Waals surface area contributed by atoms with Crippen LogP contribution in [0.4, 0.5) is 4.39 Å². The van der Waals surface area contributed by atoms with Gasteiger partial charge in [0.25, 0.3) is 11.8 Å². The van der Waals surface area contributed by atoms with Crippen LogP contribution in [-0.4, -0.2) is 36.0 Å². The van der Waals surface area contributed by atoms with E-state index < -0.39 is 5.82 Å². The predicted octanol–water partition coefficient (Wildman–Crippen LogP) is 3.67. The largest absolute Gasteiger partial charge is 0.484 e.